The predicted molar refractivity (Wildman–Crippen MR) is 123 cm³/mol. The van der Waals surface area contributed by atoms with E-state index in [9.17, 15) is 9.59 Å². The summed E-state index contributed by atoms with van der Waals surface area (Å²) in [5, 5.41) is 2.93. The van der Waals surface area contributed by atoms with Crippen molar-refractivity contribution < 1.29 is 19.0 Å². The summed E-state index contributed by atoms with van der Waals surface area (Å²) in [6.07, 6.45) is 1.86. The highest BCUT2D eigenvalue weighted by Gasteiger charge is 2.47. The number of aryl methyl sites for hydroxylation is 2. The van der Waals surface area contributed by atoms with Crippen LogP contribution in [-0.2, 0) is 4.79 Å². The van der Waals surface area contributed by atoms with Gasteiger partial charge in [0.2, 0.25) is 12.3 Å². The first-order valence-electron chi connectivity index (χ1n) is 10.5. The number of nitrogens with zero attached hydrogens (tertiary/aromatic N) is 1. The molecule has 32 heavy (non-hydrogen) atoms. The van der Waals surface area contributed by atoms with Crippen LogP contribution in [0.3, 0.4) is 0 Å². The number of ether oxygens (including phenoxy) is 1. The Labute approximate surface area is 187 Å². The molecule has 162 valence electrons. The lowest BCUT2D eigenvalue weighted by atomic mass is 9.98. The summed E-state index contributed by atoms with van der Waals surface area (Å²) in [4.78, 5) is 25.8. The van der Waals surface area contributed by atoms with Crippen LogP contribution in [0.25, 0.3) is 0 Å². The van der Waals surface area contributed by atoms with E-state index < -0.39 is 12.1 Å². The molecular weight excluding hydrogens is 402 g/mol. The quantitative estimate of drug-likeness (QED) is 0.613. The van der Waals surface area contributed by atoms with E-state index in [4.69, 9.17) is 4.74 Å². The van der Waals surface area contributed by atoms with Gasteiger partial charge in [0, 0.05) is 16.7 Å². The molecule has 0 aromatic heterocycles. The maximum Gasteiger partial charge on any atom is 0.304 e. The van der Waals surface area contributed by atoms with Crippen LogP contribution in [0.2, 0.25) is 0 Å². The number of carbonyl (C=O) groups is 2. The van der Waals surface area contributed by atoms with Gasteiger partial charge in [0.15, 0.2) is 6.04 Å². The standard InChI is InChI=1S/C26H25N3O3/c1-17-4-10-20(11-5-17)24-23(27-25(30)21-12-6-18(2)7-13-21)26(31)28-29(24)16-19-8-14-22(32-3)15-9-19/h4-16,23-24H,1-3H3,(H-,27,28,30,31)/p+1/b29-16-/t23-,24-/m1/s1. The number of amides is 2. The average Bonchev–Trinajstić information content (AvgIpc) is 3.09. The first kappa shape index (κ1) is 21.3. The third-order valence-electron chi connectivity index (χ3n) is 5.56. The van der Waals surface area contributed by atoms with Crippen molar-refractivity contribution in [1.82, 2.24) is 10.7 Å². The monoisotopic (exact) mass is 428 g/mol. The molecular formula is C26H26N3O3+. The molecule has 1 aliphatic rings. The summed E-state index contributed by atoms with van der Waals surface area (Å²) < 4.78 is 6.98. The smallest absolute Gasteiger partial charge is 0.304 e. The topological polar surface area (TPSA) is 70.4 Å². The van der Waals surface area contributed by atoms with Crippen LogP contribution in [-0.4, -0.2) is 35.9 Å². The van der Waals surface area contributed by atoms with E-state index in [0.717, 1.165) is 28.0 Å². The molecule has 0 unspecified atom stereocenters. The number of hydrazone groups is 1. The molecule has 2 amide bonds. The van der Waals surface area contributed by atoms with Crippen LogP contribution < -0.4 is 15.5 Å². The van der Waals surface area contributed by atoms with Crippen LogP contribution in [0.1, 0.15) is 38.7 Å². The van der Waals surface area contributed by atoms with E-state index in [1.807, 2.05) is 80.7 Å². The van der Waals surface area contributed by atoms with Gasteiger partial charge in [-0.05, 0) is 50.2 Å². The van der Waals surface area contributed by atoms with Gasteiger partial charge < -0.3 is 10.1 Å². The van der Waals surface area contributed by atoms with Gasteiger partial charge >= 0.3 is 5.91 Å². The predicted octanol–water partition coefficient (Wildman–Crippen LogP) is 3.33. The molecule has 0 radical (unpaired) electrons. The van der Waals surface area contributed by atoms with Crippen LogP contribution in [0.15, 0.2) is 72.8 Å². The minimum Gasteiger partial charge on any atom is -0.497 e. The first-order valence-corrected chi connectivity index (χ1v) is 10.5. The minimum absolute atomic E-state index is 0.263. The van der Waals surface area contributed by atoms with Crippen molar-refractivity contribution >= 4 is 18.0 Å². The fraction of sp³-hybridized carbons (Fsp3) is 0.192. The van der Waals surface area contributed by atoms with E-state index in [1.54, 1.807) is 23.9 Å². The van der Waals surface area contributed by atoms with E-state index in [2.05, 4.69) is 10.7 Å². The molecule has 0 saturated carbocycles. The van der Waals surface area contributed by atoms with Crippen molar-refractivity contribution in [2.45, 2.75) is 25.9 Å². The highest BCUT2D eigenvalue weighted by Crippen LogP contribution is 2.26. The number of hydrogen-bond acceptors (Lipinski definition) is 3. The SMILES string of the molecule is COc1ccc(/C=[N+]2\NC(=O)[C@H](NC(=O)c3ccc(C)cc3)[C@H]2c2ccc(C)cc2)cc1. The van der Waals surface area contributed by atoms with E-state index in [0.29, 0.717) is 5.56 Å². The molecule has 4 rings (SSSR count). The number of rotatable bonds is 5. The molecule has 0 spiro atoms. The molecule has 1 fully saturated rings. The Morgan fingerprint density at radius 2 is 1.53 bits per heavy atom. The van der Waals surface area contributed by atoms with Crippen molar-refractivity contribution in [1.29, 1.82) is 0 Å². The second-order valence-corrected chi connectivity index (χ2v) is 7.96. The van der Waals surface area contributed by atoms with Gasteiger partial charge in [0.05, 0.1) is 7.11 Å². The molecule has 1 heterocycles. The van der Waals surface area contributed by atoms with Crippen molar-refractivity contribution in [2.24, 2.45) is 0 Å². The molecule has 2 atom stereocenters. The van der Waals surface area contributed by atoms with E-state index >= 15 is 0 Å². The van der Waals surface area contributed by atoms with Gasteiger partial charge in [0.1, 0.15) is 5.75 Å². The molecule has 0 aliphatic carbocycles. The number of hydrogen-bond donors (Lipinski definition) is 2. The number of hydrazine groups is 1. The van der Waals surface area contributed by atoms with E-state index in [-0.39, 0.29) is 11.8 Å². The zero-order valence-corrected chi connectivity index (χ0v) is 18.3. The minimum atomic E-state index is -0.749. The third-order valence-corrected chi connectivity index (χ3v) is 5.56. The molecule has 0 bridgehead atoms. The molecule has 1 saturated heterocycles. The van der Waals surface area contributed by atoms with Crippen LogP contribution in [0, 0.1) is 13.8 Å². The fourth-order valence-corrected chi connectivity index (χ4v) is 3.72. The highest BCUT2D eigenvalue weighted by molar-refractivity contribution is 5.98. The maximum atomic E-state index is 12.9. The number of benzene rings is 3. The van der Waals surface area contributed by atoms with Gasteiger partial charge in [-0.3, -0.25) is 9.59 Å². The second kappa shape index (κ2) is 9.06. The summed E-state index contributed by atoms with van der Waals surface area (Å²) in [5.74, 6) is 0.209. The van der Waals surface area contributed by atoms with Gasteiger partial charge in [-0.1, -0.05) is 47.5 Å². The van der Waals surface area contributed by atoms with Crippen LogP contribution in [0.4, 0.5) is 0 Å². The molecule has 6 heteroatoms. The Morgan fingerprint density at radius 1 is 0.938 bits per heavy atom. The summed E-state index contributed by atoms with van der Waals surface area (Å²) in [6.45, 7) is 3.98. The maximum absolute atomic E-state index is 12.9. The third kappa shape index (κ3) is 4.54. The average molecular weight is 429 g/mol. The normalized spacial score (nSPS) is 19.0. The Bertz CT molecular complexity index is 1150. The van der Waals surface area contributed by atoms with Crippen molar-refractivity contribution in [3.63, 3.8) is 0 Å². The Hall–Kier alpha value is -3.93. The number of nitrogens with one attached hydrogen (secondary N) is 2. The Kier molecular flexibility index (Phi) is 6.03. The lowest BCUT2D eigenvalue weighted by Gasteiger charge is -2.15. The lowest BCUT2D eigenvalue weighted by molar-refractivity contribution is -0.596. The number of carbonyl (C=O) groups excluding carboxylic acids is 2. The summed E-state index contributed by atoms with van der Waals surface area (Å²) in [5.41, 5.74) is 7.43. The summed E-state index contributed by atoms with van der Waals surface area (Å²) >= 11 is 0. The van der Waals surface area contributed by atoms with Crippen LogP contribution >= 0.6 is 0 Å². The summed E-state index contributed by atoms with van der Waals surface area (Å²) in [6, 6.07) is 21.7. The molecule has 3 aromatic rings. The van der Waals surface area contributed by atoms with Crippen molar-refractivity contribution in [2.75, 3.05) is 7.11 Å². The van der Waals surface area contributed by atoms with Gasteiger partial charge in [0.25, 0.3) is 5.91 Å². The molecule has 6 nitrogen and oxygen atoms in total. The lowest BCUT2D eigenvalue weighted by Crippen LogP contribution is -2.42. The van der Waals surface area contributed by atoms with E-state index in [1.165, 1.54) is 0 Å². The fourth-order valence-electron chi connectivity index (χ4n) is 3.72. The molecule has 1 aliphatic heterocycles. The van der Waals surface area contributed by atoms with Gasteiger partial charge in [-0.2, -0.15) is 0 Å². The Balaban J connectivity index is 1.68. The molecule has 2 N–H and O–H groups in total. The largest absolute Gasteiger partial charge is 0.497 e. The highest BCUT2D eigenvalue weighted by atomic mass is 16.5. The Morgan fingerprint density at radius 3 is 2.12 bits per heavy atom. The zero-order chi connectivity index (χ0) is 22.7. The van der Waals surface area contributed by atoms with Crippen molar-refractivity contribution in [3.8, 4) is 5.75 Å². The zero-order valence-electron chi connectivity index (χ0n) is 18.3. The second-order valence-electron chi connectivity index (χ2n) is 7.96. The first-order chi connectivity index (χ1) is 15.4. The molecule has 3 aromatic carbocycles. The van der Waals surface area contributed by atoms with Gasteiger partial charge in [-0.25, -0.2) is 0 Å². The van der Waals surface area contributed by atoms with Gasteiger partial charge in [-0.15, -0.1) is 10.1 Å². The van der Waals surface area contributed by atoms with Crippen molar-refractivity contribution in [3.05, 3.63) is 101 Å². The summed E-state index contributed by atoms with van der Waals surface area (Å²) in [7, 11) is 1.62. The number of methoxy groups -OCH3 is 1. The van der Waals surface area contributed by atoms with Crippen LogP contribution in [0.5, 0.6) is 5.75 Å².